The maximum atomic E-state index is 12.0. The normalized spacial score (nSPS) is 11.7. The van der Waals surface area contributed by atoms with E-state index in [1.54, 1.807) is 18.2 Å². The van der Waals surface area contributed by atoms with Gasteiger partial charge in [0.05, 0.1) is 10.7 Å². The second-order valence-corrected chi connectivity index (χ2v) is 9.29. The Kier molecular flexibility index (Phi) is 9.30. The SMILES string of the molecule is O=C(O)CNC(=O)C(Cc1cc(I)c(Oc2ccc(O)c(I)c2)c(I)c1)NCl. The number of benzene rings is 2. The molecule has 0 fully saturated rings. The standard InChI is InChI=1S/C17H14ClI3N2O5/c18-23-13(17(27)22-7-15(25)26)5-8-3-11(20)16(12(21)4-8)28-9-1-2-14(24)10(19)6-9/h1-4,6,13,23-24H,5,7H2,(H,22,27)(H,25,26). The molecule has 0 spiro atoms. The highest BCUT2D eigenvalue weighted by molar-refractivity contribution is 14.1. The molecule has 150 valence electrons. The number of hydrogen-bond acceptors (Lipinski definition) is 5. The van der Waals surface area contributed by atoms with Crippen molar-refractivity contribution < 1.29 is 24.5 Å². The largest absolute Gasteiger partial charge is 0.507 e. The van der Waals surface area contributed by atoms with Gasteiger partial charge in [0.25, 0.3) is 0 Å². The first-order valence-corrected chi connectivity index (χ1v) is 11.3. The quantitative estimate of drug-likeness (QED) is 0.242. The number of halogens is 4. The topological polar surface area (TPSA) is 108 Å². The number of phenols is 1. The van der Waals surface area contributed by atoms with Gasteiger partial charge in [-0.1, -0.05) is 0 Å². The number of phenolic OH excluding ortho intramolecular Hbond substituents is 1. The molecule has 4 N–H and O–H groups in total. The lowest BCUT2D eigenvalue weighted by molar-refractivity contribution is -0.138. The number of carboxylic acid groups (broad SMARTS) is 1. The van der Waals surface area contributed by atoms with Gasteiger partial charge < -0.3 is 20.3 Å². The minimum atomic E-state index is -1.13. The van der Waals surface area contributed by atoms with Crippen molar-refractivity contribution in [1.82, 2.24) is 10.2 Å². The fourth-order valence-electron chi connectivity index (χ4n) is 2.20. The summed E-state index contributed by atoms with van der Waals surface area (Å²) in [5, 5.41) is 20.6. The zero-order chi connectivity index (χ0) is 20.8. The number of ether oxygens (including phenoxy) is 1. The Morgan fingerprint density at radius 3 is 2.29 bits per heavy atom. The molecule has 1 amide bonds. The first-order valence-electron chi connectivity index (χ1n) is 7.71. The molecule has 1 unspecified atom stereocenters. The van der Waals surface area contributed by atoms with Crippen LogP contribution in [0.1, 0.15) is 5.56 Å². The van der Waals surface area contributed by atoms with E-state index in [0.717, 1.165) is 12.7 Å². The highest BCUT2D eigenvalue weighted by atomic mass is 127. The lowest BCUT2D eigenvalue weighted by Gasteiger charge is -2.16. The van der Waals surface area contributed by atoms with Crippen LogP contribution >= 0.6 is 79.5 Å². The highest BCUT2D eigenvalue weighted by Crippen LogP contribution is 2.35. The summed E-state index contributed by atoms with van der Waals surface area (Å²) in [6.45, 7) is -0.471. The number of aromatic hydroxyl groups is 1. The highest BCUT2D eigenvalue weighted by Gasteiger charge is 2.20. The fraction of sp³-hybridized carbons (Fsp3) is 0.176. The van der Waals surface area contributed by atoms with Gasteiger partial charge in [-0.25, -0.2) is 4.84 Å². The van der Waals surface area contributed by atoms with Gasteiger partial charge in [-0.05, 0) is 122 Å². The monoisotopic (exact) mass is 742 g/mol. The van der Waals surface area contributed by atoms with Crippen LogP contribution in [0.4, 0.5) is 0 Å². The molecule has 0 aliphatic rings. The van der Waals surface area contributed by atoms with Crippen LogP contribution in [0.2, 0.25) is 0 Å². The maximum Gasteiger partial charge on any atom is 0.322 e. The molecular weight excluding hydrogens is 728 g/mol. The Hall–Kier alpha value is -0.580. The van der Waals surface area contributed by atoms with Crippen molar-refractivity contribution in [2.24, 2.45) is 0 Å². The lowest BCUT2D eigenvalue weighted by Crippen LogP contribution is -2.43. The van der Waals surface area contributed by atoms with Crippen LogP contribution in [0.3, 0.4) is 0 Å². The van der Waals surface area contributed by atoms with Crippen LogP contribution in [-0.2, 0) is 16.0 Å². The fourth-order valence-corrected chi connectivity index (χ4v) is 4.98. The van der Waals surface area contributed by atoms with Gasteiger partial charge in [0.15, 0.2) is 5.75 Å². The molecule has 1 atom stereocenters. The maximum absolute atomic E-state index is 12.0. The molecule has 0 radical (unpaired) electrons. The molecular formula is C17H14ClI3N2O5. The molecule has 0 aliphatic carbocycles. The third-order valence-corrected chi connectivity index (χ3v) is 6.23. The molecule has 0 aliphatic heterocycles. The van der Waals surface area contributed by atoms with Crippen LogP contribution in [-0.4, -0.2) is 34.7 Å². The Bertz CT molecular complexity index is 874. The summed E-state index contributed by atoms with van der Waals surface area (Å²) >= 11 is 12.0. The third kappa shape index (κ3) is 6.74. The van der Waals surface area contributed by atoms with Gasteiger partial charge in [-0.2, -0.15) is 0 Å². The van der Waals surface area contributed by atoms with Gasteiger partial charge in [0.1, 0.15) is 24.1 Å². The molecule has 0 saturated heterocycles. The van der Waals surface area contributed by atoms with Gasteiger partial charge in [-0.3, -0.25) is 9.59 Å². The Balaban J connectivity index is 2.16. The number of carbonyl (C=O) groups excluding carboxylic acids is 1. The van der Waals surface area contributed by atoms with E-state index in [4.69, 9.17) is 21.6 Å². The van der Waals surface area contributed by atoms with Crippen LogP contribution in [0, 0.1) is 10.7 Å². The molecule has 2 aromatic rings. The van der Waals surface area contributed by atoms with Crippen molar-refractivity contribution >= 4 is 91.4 Å². The average Bonchev–Trinajstić information content (AvgIpc) is 2.63. The number of nitrogens with one attached hydrogen (secondary N) is 2. The summed E-state index contributed by atoms with van der Waals surface area (Å²) in [6, 6.07) is 7.94. The second kappa shape index (κ2) is 11.0. The molecule has 0 saturated carbocycles. The molecule has 0 bridgehead atoms. The van der Waals surface area contributed by atoms with Crippen molar-refractivity contribution in [3.63, 3.8) is 0 Å². The molecule has 11 heteroatoms. The van der Waals surface area contributed by atoms with Gasteiger partial charge in [0, 0.05) is 0 Å². The zero-order valence-electron chi connectivity index (χ0n) is 14.0. The predicted molar refractivity (Wildman–Crippen MR) is 130 cm³/mol. The van der Waals surface area contributed by atoms with E-state index < -0.39 is 24.5 Å². The van der Waals surface area contributed by atoms with Crippen molar-refractivity contribution in [1.29, 1.82) is 0 Å². The smallest absolute Gasteiger partial charge is 0.322 e. The van der Waals surface area contributed by atoms with E-state index in [0.29, 0.717) is 15.1 Å². The van der Waals surface area contributed by atoms with E-state index in [2.05, 4.69) is 55.3 Å². The van der Waals surface area contributed by atoms with Gasteiger partial charge in [-0.15, -0.1) is 0 Å². The average molecular weight is 742 g/mol. The summed E-state index contributed by atoms with van der Waals surface area (Å²) in [4.78, 5) is 25.0. The van der Waals surface area contributed by atoms with Crippen molar-refractivity contribution in [2.45, 2.75) is 12.5 Å². The predicted octanol–water partition coefficient (Wildman–Crippen LogP) is 3.85. The van der Waals surface area contributed by atoms with E-state index in [-0.39, 0.29) is 12.2 Å². The summed E-state index contributed by atoms with van der Waals surface area (Å²) in [7, 11) is 0. The first kappa shape index (κ1) is 23.7. The second-order valence-electron chi connectivity index (χ2n) is 5.58. The van der Waals surface area contributed by atoms with E-state index in [1.165, 1.54) is 0 Å². The number of hydrogen-bond donors (Lipinski definition) is 4. The zero-order valence-corrected chi connectivity index (χ0v) is 21.2. The lowest BCUT2D eigenvalue weighted by atomic mass is 10.1. The number of aliphatic carboxylic acids is 1. The molecule has 2 aromatic carbocycles. The van der Waals surface area contributed by atoms with Crippen LogP contribution in [0.5, 0.6) is 17.2 Å². The van der Waals surface area contributed by atoms with Crippen LogP contribution in [0.25, 0.3) is 0 Å². The molecule has 0 aromatic heterocycles. The summed E-state index contributed by atoms with van der Waals surface area (Å²) in [5.74, 6) is -0.178. The molecule has 2 rings (SSSR count). The Morgan fingerprint density at radius 1 is 1.11 bits per heavy atom. The van der Waals surface area contributed by atoms with E-state index in [9.17, 15) is 14.7 Å². The third-order valence-electron chi connectivity index (χ3n) is 3.50. The molecule has 7 nitrogen and oxygen atoms in total. The van der Waals surface area contributed by atoms with Crippen molar-refractivity contribution in [3.8, 4) is 17.2 Å². The van der Waals surface area contributed by atoms with Gasteiger partial charge >= 0.3 is 5.97 Å². The first-order chi connectivity index (χ1) is 13.2. The summed E-state index contributed by atoms with van der Waals surface area (Å²) in [6.07, 6.45) is 0.276. The molecule has 0 heterocycles. The van der Waals surface area contributed by atoms with Crippen molar-refractivity contribution in [3.05, 3.63) is 46.6 Å². The Labute approximate surface area is 207 Å². The minimum Gasteiger partial charge on any atom is -0.507 e. The van der Waals surface area contributed by atoms with Crippen LogP contribution < -0.4 is 14.9 Å². The Morgan fingerprint density at radius 2 is 1.75 bits per heavy atom. The number of carbonyl (C=O) groups is 2. The summed E-state index contributed by atoms with van der Waals surface area (Å²) < 4.78 is 8.31. The van der Waals surface area contributed by atoms with Crippen molar-refractivity contribution in [2.75, 3.05) is 6.54 Å². The van der Waals surface area contributed by atoms with E-state index >= 15 is 0 Å². The van der Waals surface area contributed by atoms with E-state index in [1.807, 2.05) is 34.7 Å². The number of amides is 1. The van der Waals surface area contributed by atoms with Crippen LogP contribution in [0.15, 0.2) is 30.3 Å². The number of carboxylic acids is 1. The van der Waals surface area contributed by atoms with Gasteiger partial charge in [0.2, 0.25) is 5.91 Å². The molecule has 28 heavy (non-hydrogen) atoms. The number of rotatable bonds is 8. The minimum absolute atomic E-state index is 0.188. The summed E-state index contributed by atoms with van der Waals surface area (Å²) in [5.41, 5.74) is 0.838.